The lowest BCUT2D eigenvalue weighted by Gasteiger charge is -2.32. The molecule has 0 spiro atoms. The molecule has 1 fully saturated rings. The van der Waals surface area contributed by atoms with Gasteiger partial charge in [0, 0.05) is 12.1 Å². The van der Waals surface area contributed by atoms with E-state index in [1.165, 1.54) is 0 Å². The molecule has 2 aliphatic heterocycles. The van der Waals surface area contributed by atoms with E-state index >= 15 is 0 Å². The third-order valence-corrected chi connectivity index (χ3v) is 7.84. The number of rotatable bonds is 2. The lowest BCUT2D eigenvalue weighted by Crippen LogP contribution is -2.43. The summed E-state index contributed by atoms with van der Waals surface area (Å²) in [6.45, 7) is 0. The summed E-state index contributed by atoms with van der Waals surface area (Å²) in [7, 11) is -6.16. The minimum absolute atomic E-state index is 0.0805. The second kappa shape index (κ2) is 5.37. The predicted molar refractivity (Wildman–Crippen MR) is 80.7 cm³/mol. The van der Waals surface area contributed by atoms with Crippen LogP contribution in [0.15, 0.2) is 29.2 Å². The van der Waals surface area contributed by atoms with Gasteiger partial charge in [-0.2, -0.15) is 0 Å². The minimum atomic E-state index is -3.20. The lowest BCUT2D eigenvalue weighted by atomic mass is 10.0. The quantitative estimate of drug-likeness (QED) is 0.878. The third-order valence-electron chi connectivity index (χ3n) is 4.20. The molecule has 0 bridgehead atoms. The molecule has 1 aromatic rings. The van der Waals surface area contributed by atoms with Gasteiger partial charge in [-0.25, -0.2) is 16.8 Å². The van der Waals surface area contributed by atoms with Crippen molar-refractivity contribution in [3.05, 3.63) is 29.8 Å². The van der Waals surface area contributed by atoms with Crippen LogP contribution in [0.3, 0.4) is 0 Å². The maximum absolute atomic E-state index is 12.1. The SMILES string of the molecule is O=S1(=O)CCCC(NC2CCS(=O)(=O)c3ccccc32)C1. The zero-order valence-corrected chi connectivity index (χ0v) is 13.3. The molecule has 2 atom stereocenters. The Balaban J connectivity index is 1.84. The van der Waals surface area contributed by atoms with Gasteiger partial charge in [0.25, 0.3) is 0 Å². The molecule has 116 valence electrons. The second-order valence-electron chi connectivity index (χ2n) is 5.82. The van der Waals surface area contributed by atoms with Crippen LogP contribution < -0.4 is 5.32 Å². The van der Waals surface area contributed by atoms with Crippen molar-refractivity contribution in [3.8, 4) is 0 Å². The van der Waals surface area contributed by atoms with E-state index in [1.54, 1.807) is 12.1 Å². The zero-order chi connectivity index (χ0) is 15.1. The Bertz CT molecular complexity index is 740. The number of hydrogen-bond acceptors (Lipinski definition) is 5. The fourth-order valence-electron chi connectivity index (χ4n) is 3.20. The zero-order valence-electron chi connectivity index (χ0n) is 11.7. The first-order valence-electron chi connectivity index (χ1n) is 7.15. The van der Waals surface area contributed by atoms with Crippen molar-refractivity contribution in [2.75, 3.05) is 17.3 Å². The lowest BCUT2D eigenvalue weighted by molar-refractivity contribution is 0.404. The summed E-state index contributed by atoms with van der Waals surface area (Å²) >= 11 is 0. The van der Waals surface area contributed by atoms with Gasteiger partial charge in [-0.05, 0) is 30.9 Å². The normalized spacial score (nSPS) is 30.5. The van der Waals surface area contributed by atoms with Crippen LogP contribution in [-0.2, 0) is 19.7 Å². The van der Waals surface area contributed by atoms with Crippen LogP contribution in [-0.4, -0.2) is 40.1 Å². The first-order valence-corrected chi connectivity index (χ1v) is 10.6. The van der Waals surface area contributed by atoms with Gasteiger partial charge in [-0.15, -0.1) is 0 Å². The number of nitrogens with one attached hydrogen (secondary N) is 1. The minimum Gasteiger partial charge on any atom is -0.306 e. The maximum Gasteiger partial charge on any atom is 0.178 e. The Labute approximate surface area is 125 Å². The largest absolute Gasteiger partial charge is 0.306 e. The average Bonchev–Trinajstić information content (AvgIpc) is 2.41. The molecule has 0 amide bonds. The van der Waals surface area contributed by atoms with E-state index in [2.05, 4.69) is 5.32 Å². The Morgan fingerprint density at radius 2 is 1.76 bits per heavy atom. The van der Waals surface area contributed by atoms with Crippen molar-refractivity contribution in [1.82, 2.24) is 5.32 Å². The molecule has 1 saturated heterocycles. The van der Waals surface area contributed by atoms with Gasteiger partial charge in [0.05, 0.1) is 22.2 Å². The first kappa shape index (κ1) is 15.0. The van der Waals surface area contributed by atoms with Crippen molar-refractivity contribution >= 4 is 19.7 Å². The summed E-state index contributed by atoms with van der Waals surface area (Å²) in [5.41, 5.74) is 0.770. The highest BCUT2D eigenvalue weighted by Gasteiger charge is 2.33. The number of fused-ring (bicyclic) bond motifs is 1. The summed E-state index contributed by atoms with van der Waals surface area (Å²) < 4.78 is 47.6. The maximum atomic E-state index is 12.1. The van der Waals surface area contributed by atoms with E-state index in [9.17, 15) is 16.8 Å². The molecule has 2 heterocycles. The summed E-state index contributed by atoms with van der Waals surface area (Å²) in [6.07, 6.45) is 1.99. The predicted octanol–water partition coefficient (Wildman–Crippen LogP) is 1.07. The highest BCUT2D eigenvalue weighted by atomic mass is 32.2. The molecule has 1 aromatic carbocycles. The van der Waals surface area contributed by atoms with Crippen LogP contribution >= 0.6 is 0 Å². The standard InChI is InChI=1S/C14H19NO4S2/c16-20(17)8-3-4-11(10-20)15-13-7-9-21(18,19)14-6-2-1-5-12(13)14/h1-2,5-6,11,13,15H,3-4,7-10H2. The molecular formula is C14H19NO4S2. The van der Waals surface area contributed by atoms with E-state index in [0.29, 0.717) is 17.7 Å². The molecule has 0 saturated carbocycles. The average molecular weight is 329 g/mol. The van der Waals surface area contributed by atoms with E-state index < -0.39 is 19.7 Å². The Morgan fingerprint density at radius 3 is 2.52 bits per heavy atom. The third kappa shape index (κ3) is 3.14. The highest BCUT2D eigenvalue weighted by Crippen LogP contribution is 2.32. The smallest absolute Gasteiger partial charge is 0.178 e. The van der Waals surface area contributed by atoms with Crippen molar-refractivity contribution in [2.24, 2.45) is 0 Å². The highest BCUT2D eigenvalue weighted by molar-refractivity contribution is 7.91. The summed E-state index contributed by atoms with van der Waals surface area (Å²) in [4.78, 5) is 0.382. The van der Waals surface area contributed by atoms with E-state index in [-0.39, 0.29) is 29.3 Å². The molecule has 7 heteroatoms. The first-order chi connectivity index (χ1) is 9.87. The van der Waals surface area contributed by atoms with Crippen LogP contribution in [0, 0.1) is 0 Å². The topological polar surface area (TPSA) is 80.3 Å². The van der Waals surface area contributed by atoms with E-state index in [4.69, 9.17) is 0 Å². The van der Waals surface area contributed by atoms with Gasteiger partial charge in [0.1, 0.15) is 0 Å². The Kier molecular flexibility index (Phi) is 3.83. The number of benzene rings is 1. The van der Waals surface area contributed by atoms with Crippen LogP contribution in [0.5, 0.6) is 0 Å². The molecular weight excluding hydrogens is 310 g/mol. The van der Waals surface area contributed by atoms with E-state index in [1.807, 2.05) is 12.1 Å². The van der Waals surface area contributed by atoms with Gasteiger partial charge in [-0.3, -0.25) is 0 Å². The van der Waals surface area contributed by atoms with Crippen molar-refractivity contribution in [3.63, 3.8) is 0 Å². The van der Waals surface area contributed by atoms with E-state index in [0.717, 1.165) is 12.0 Å². The number of sulfone groups is 2. The van der Waals surface area contributed by atoms with Crippen molar-refractivity contribution in [1.29, 1.82) is 0 Å². The van der Waals surface area contributed by atoms with Crippen LogP contribution in [0.1, 0.15) is 30.9 Å². The van der Waals surface area contributed by atoms with Crippen LogP contribution in [0.4, 0.5) is 0 Å². The fourth-order valence-corrected chi connectivity index (χ4v) is 6.47. The Morgan fingerprint density at radius 1 is 1.00 bits per heavy atom. The van der Waals surface area contributed by atoms with Gasteiger partial charge < -0.3 is 5.32 Å². The summed E-state index contributed by atoms with van der Waals surface area (Å²) in [6, 6.07) is 6.85. The summed E-state index contributed by atoms with van der Waals surface area (Å²) in [5, 5.41) is 3.36. The molecule has 21 heavy (non-hydrogen) atoms. The van der Waals surface area contributed by atoms with Gasteiger partial charge in [0.2, 0.25) is 0 Å². The molecule has 0 aromatic heterocycles. The molecule has 0 radical (unpaired) electrons. The number of hydrogen-bond donors (Lipinski definition) is 1. The van der Waals surface area contributed by atoms with Gasteiger partial charge in [0.15, 0.2) is 19.7 Å². The van der Waals surface area contributed by atoms with Crippen LogP contribution in [0.2, 0.25) is 0 Å². The molecule has 2 aliphatic rings. The van der Waals surface area contributed by atoms with Gasteiger partial charge >= 0.3 is 0 Å². The molecule has 0 aliphatic carbocycles. The second-order valence-corrected chi connectivity index (χ2v) is 10.1. The molecule has 3 rings (SSSR count). The van der Waals surface area contributed by atoms with Crippen LogP contribution in [0.25, 0.3) is 0 Å². The molecule has 5 nitrogen and oxygen atoms in total. The van der Waals surface area contributed by atoms with Crippen molar-refractivity contribution < 1.29 is 16.8 Å². The Hall–Kier alpha value is -0.920. The van der Waals surface area contributed by atoms with Gasteiger partial charge in [-0.1, -0.05) is 18.2 Å². The fraction of sp³-hybridized carbons (Fsp3) is 0.571. The van der Waals surface area contributed by atoms with Crippen molar-refractivity contribution in [2.45, 2.75) is 36.2 Å². The molecule has 2 unspecified atom stereocenters. The summed E-state index contributed by atoms with van der Waals surface area (Å²) in [5.74, 6) is 0.528. The molecule has 1 N–H and O–H groups in total. The monoisotopic (exact) mass is 329 g/mol.